The van der Waals surface area contributed by atoms with Crippen molar-refractivity contribution in [1.29, 1.82) is 0 Å². The first-order valence-electron chi connectivity index (χ1n) is 10.9. The standard InChI is InChI=1S/C23H35F2N3O4/c1-23(2,3)32-22(29)26-10-5-6-13-30-18-7-8-20-19(15-18)17(16-27-20)9-11-28(4)12-14-31-21(24)25/h7-8,15-16,21,27H,5-6,9-14H2,1-4H3,(H,26,29). The molecule has 32 heavy (non-hydrogen) atoms. The van der Waals surface area contributed by atoms with Gasteiger partial charge in [-0.2, -0.15) is 8.78 Å². The number of aromatic amines is 1. The van der Waals surface area contributed by atoms with E-state index in [1.165, 1.54) is 0 Å². The summed E-state index contributed by atoms with van der Waals surface area (Å²) in [6.07, 6.45) is 3.94. The fourth-order valence-corrected chi connectivity index (χ4v) is 3.10. The number of nitrogens with zero attached hydrogens (tertiary/aromatic N) is 1. The molecule has 2 N–H and O–H groups in total. The summed E-state index contributed by atoms with van der Waals surface area (Å²) in [6, 6.07) is 5.92. The van der Waals surface area contributed by atoms with Gasteiger partial charge in [-0.05, 0) is 70.8 Å². The zero-order valence-corrected chi connectivity index (χ0v) is 19.4. The molecule has 0 unspecified atom stereocenters. The zero-order valence-electron chi connectivity index (χ0n) is 19.4. The van der Waals surface area contributed by atoms with Crippen LogP contribution in [-0.4, -0.2) is 68.1 Å². The predicted molar refractivity (Wildman–Crippen MR) is 120 cm³/mol. The van der Waals surface area contributed by atoms with Gasteiger partial charge in [0.2, 0.25) is 0 Å². The Morgan fingerprint density at radius 1 is 1.19 bits per heavy atom. The maximum atomic E-state index is 12.1. The number of ether oxygens (including phenoxy) is 3. The third-order valence-corrected chi connectivity index (χ3v) is 4.73. The Morgan fingerprint density at radius 2 is 1.97 bits per heavy atom. The Bertz CT molecular complexity index is 836. The quantitative estimate of drug-likeness (QED) is 0.433. The van der Waals surface area contributed by atoms with Gasteiger partial charge >= 0.3 is 12.7 Å². The molecule has 1 heterocycles. The van der Waals surface area contributed by atoms with Crippen molar-refractivity contribution >= 4 is 17.0 Å². The first-order valence-corrected chi connectivity index (χ1v) is 10.9. The highest BCUT2D eigenvalue weighted by atomic mass is 19.3. The number of fused-ring (bicyclic) bond motifs is 1. The van der Waals surface area contributed by atoms with Crippen LogP contribution in [0.1, 0.15) is 39.2 Å². The van der Waals surface area contributed by atoms with Crippen molar-refractivity contribution in [1.82, 2.24) is 15.2 Å². The lowest BCUT2D eigenvalue weighted by atomic mass is 10.1. The number of aromatic nitrogens is 1. The maximum absolute atomic E-state index is 12.1. The van der Waals surface area contributed by atoms with Crippen LogP contribution < -0.4 is 10.1 Å². The number of alkyl halides is 2. The molecule has 0 aliphatic heterocycles. The van der Waals surface area contributed by atoms with Crippen LogP contribution in [-0.2, 0) is 15.9 Å². The van der Waals surface area contributed by atoms with Gasteiger partial charge in [0.1, 0.15) is 11.4 Å². The smallest absolute Gasteiger partial charge is 0.407 e. The van der Waals surface area contributed by atoms with E-state index in [0.29, 0.717) is 19.7 Å². The van der Waals surface area contributed by atoms with Gasteiger partial charge in [0.05, 0.1) is 13.2 Å². The highest BCUT2D eigenvalue weighted by Crippen LogP contribution is 2.24. The Morgan fingerprint density at radius 3 is 2.69 bits per heavy atom. The maximum Gasteiger partial charge on any atom is 0.407 e. The number of alkyl carbamates (subject to hydrolysis) is 1. The topological polar surface area (TPSA) is 75.8 Å². The van der Waals surface area contributed by atoms with Crippen molar-refractivity contribution in [3.05, 3.63) is 30.0 Å². The predicted octanol–water partition coefficient (Wildman–Crippen LogP) is 4.57. The number of hydrogen-bond acceptors (Lipinski definition) is 5. The second kappa shape index (κ2) is 12.6. The Hall–Kier alpha value is -2.39. The summed E-state index contributed by atoms with van der Waals surface area (Å²) in [7, 11) is 1.88. The molecule has 0 atom stereocenters. The van der Waals surface area contributed by atoms with E-state index in [9.17, 15) is 13.6 Å². The van der Waals surface area contributed by atoms with Crippen LogP contribution >= 0.6 is 0 Å². The van der Waals surface area contributed by atoms with Gasteiger partial charge in [-0.25, -0.2) is 4.79 Å². The number of unbranched alkanes of at least 4 members (excludes halogenated alkanes) is 1. The molecule has 0 saturated heterocycles. The molecule has 0 spiro atoms. The Kier molecular flexibility index (Phi) is 10.2. The number of carbonyl (C=O) groups is 1. The van der Waals surface area contributed by atoms with E-state index in [0.717, 1.165) is 48.0 Å². The lowest BCUT2D eigenvalue weighted by molar-refractivity contribution is -0.131. The molecule has 2 rings (SSSR count). The van der Waals surface area contributed by atoms with Gasteiger partial charge in [-0.3, -0.25) is 0 Å². The molecular weight excluding hydrogens is 420 g/mol. The second-order valence-corrected chi connectivity index (χ2v) is 8.69. The third-order valence-electron chi connectivity index (χ3n) is 4.73. The number of halogens is 2. The van der Waals surface area contributed by atoms with Crippen LogP contribution in [0.2, 0.25) is 0 Å². The van der Waals surface area contributed by atoms with Crippen LogP contribution in [0.15, 0.2) is 24.4 Å². The van der Waals surface area contributed by atoms with E-state index in [2.05, 4.69) is 15.0 Å². The number of nitrogens with one attached hydrogen (secondary N) is 2. The second-order valence-electron chi connectivity index (χ2n) is 8.69. The van der Waals surface area contributed by atoms with Gasteiger partial charge < -0.3 is 29.4 Å². The van der Waals surface area contributed by atoms with Crippen LogP contribution in [0.25, 0.3) is 10.9 Å². The van der Waals surface area contributed by atoms with E-state index in [4.69, 9.17) is 9.47 Å². The van der Waals surface area contributed by atoms with E-state index >= 15 is 0 Å². The van der Waals surface area contributed by atoms with Crippen molar-refractivity contribution in [3.63, 3.8) is 0 Å². The van der Waals surface area contributed by atoms with Gasteiger partial charge in [0, 0.05) is 36.7 Å². The first-order chi connectivity index (χ1) is 15.1. The van der Waals surface area contributed by atoms with Gasteiger partial charge in [0.15, 0.2) is 0 Å². The lowest BCUT2D eigenvalue weighted by Gasteiger charge is -2.19. The molecule has 1 aromatic heterocycles. The largest absolute Gasteiger partial charge is 0.494 e. The summed E-state index contributed by atoms with van der Waals surface area (Å²) < 4.78 is 39.5. The molecule has 180 valence electrons. The zero-order chi connectivity index (χ0) is 23.6. The molecule has 1 aromatic carbocycles. The molecule has 7 nitrogen and oxygen atoms in total. The number of amides is 1. The number of likely N-dealkylation sites (N-methyl/N-ethyl adjacent to an activating group) is 1. The SMILES string of the molecule is CN(CCOC(F)F)CCc1c[nH]c2ccc(OCCCCNC(=O)OC(C)(C)C)cc12. The van der Waals surface area contributed by atoms with Crippen molar-refractivity contribution < 1.29 is 27.8 Å². The van der Waals surface area contributed by atoms with Crippen molar-refractivity contribution in [3.8, 4) is 5.75 Å². The number of hydrogen-bond donors (Lipinski definition) is 2. The minimum atomic E-state index is -2.73. The lowest BCUT2D eigenvalue weighted by Crippen LogP contribution is -2.33. The number of benzene rings is 1. The molecule has 1 amide bonds. The molecule has 0 bridgehead atoms. The molecular formula is C23H35F2N3O4. The van der Waals surface area contributed by atoms with E-state index in [1.807, 2.05) is 57.1 Å². The average Bonchev–Trinajstić information content (AvgIpc) is 3.09. The van der Waals surface area contributed by atoms with Gasteiger partial charge in [-0.1, -0.05) is 0 Å². The highest BCUT2D eigenvalue weighted by molar-refractivity contribution is 5.84. The van der Waals surface area contributed by atoms with E-state index in [-0.39, 0.29) is 6.61 Å². The summed E-state index contributed by atoms with van der Waals surface area (Å²) in [4.78, 5) is 16.8. The summed E-state index contributed by atoms with van der Waals surface area (Å²) in [5.74, 6) is 0.789. The molecule has 2 aromatic rings. The van der Waals surface area contributed by atoms with Crippen molar-refractivity contribution in [2.45, 2.75) is 52.2 Å². The van der Waals surface area contributed by atoms with Gasteiger partial charge in [0.25, 0.3) is 0 Å². The van der Waals surface area contributed by atoms with Crippen LogP contribution in [0.3, 0.4) is 0 Å². The van der Waals surface area contributed by atoms with E-state index < -0.39 is 18.3 Å². The number of carbonyl (C=O) groups excluding carboxylic acids is 1. The van der Waals surface area contributed by atoms with Crippen molar-refractivity contribution in [2.75, 3.05) is 39.9 Å². The first kappa shape index (κ1) is 25.9. The van der Waals surface area contributed by atoms with Crippen LogP contribution in [0, 0.1) is 0 Å². The monoisotopic (exact) mass is 455 g/mol. The normalized spacial score (nSPS) is 12.0. The van der Waals surface area contributed by atoms with Crippen LogP contribution in [0.5, 0.6) is 5.75 Å². The summed E-state index contributed by atoms with van der Waals surface area (Å²) in [5, 5.41) is 3.83. The summed E-state index contributed by atoms with van der Waals surface area (Å²) in [5.41, 5.74) is 1.67. The fraction of sp³-hybridized carbons (Fsp3) is 0.609. The fourth-order valence-electron chi connectivity index (χ4n) is 3.10. The molecule has 0 saturated carbocycles. The minimum Gasteiger partial charge on any atom is -0.494 e. The summed E-state index contributed by atoms with van der Waals surface area (Å²) >= 11 is 0. The van der Waals surface area contributed by atoms with Crippen molar-refractivity contribution in [2.24, 2.45) is 0 Å². The highest BCUT2D eigenvalue weighted by Gasteiger charge is 2.15. The molecule has 0 radical (unpaired) electrons. The Balaban J connectivity index is 1.73. The molecule has 9 heteroatoms. The third kappa shape index (κ3) is 9.82. The minimum absolute atomic E-state index is 0.00728. The molecule has 0 aliphatic carbocycles. The van der Waals surface area contributed by atoms with Gasteiger partial charge in [-0.15, -0.1) is 0 Å². The average molecular weight is 456 g/mol. The Labute approximate surface area is 188 Å². The molecule has 0 fully saturated rings. The molecule has 0 aliphatic rings. The summed E-state index contributed by atoms with van der Waals surface area (Å²) in [6.45, 7) is 5.04. The number of rotatable bonds is 13. The van der Waals surface area contributed by atoms with E-state index in [1.54, 1.807) is 0 Å². The van der Waals surface area contributed by atoms with Crippen LogP contribution in [0.4, 0.5) is 13.6 Å². The number of H-pyrrole nitrogens is 1.